The number of anilines is 1. The molecule has 4 rings (SSSR count). The van der Waals surface area contributed by atoms with Gasteiger partial charge in [0, 0.05) is 43.9 Å². The van der Waals surface area contributed by atoms with E-state index in [9.17, 15) is 13.2 Å². The lowest BCUT2D eigenvalue weighted by Gasteiger charge is -2.34. The fraction of sp³-hybridized carbons (Fsp3) is 0.286. The van der Waals surface area contributed by atoms with Crippen LogP contribution >= 0.6 is 0 Å². The van der Waals surface area contributed by atoms with Gasteiger partial charge in [0.15, 0.2) is 9.84 Å². The van der Waals surface area contributed by atoms with E-state index in [4.69, 9.17) is 9.72 Å². The lowest BCUT2D eigenvalue weighted by molar-refractivity contribution is 0.0388. The fourth-order valence-electron chi connectivity index (χ4n) is 3.46. The first kappa shape index (κ1) is 20.2. The zero-order chi connectivity index (χ0) is 21.3. The van der Waals surface area contributed by atoms with Gasteiger partial charge in [0.1, 0.15) is 6.10 Å². The SMILES string of the molecule is Cn1c(N2CCOC(c3cccc(S(C)(=O)=O)c3)C2)nc(-c2ccncc2)cc1=O. The van der Waals surface area contributed by atoms with E-state index in [0.717, 1.165) is 11.1 Å². The molecule has 2 aromatic heterocycles. The highest BCUT2D eigenvalue weighted by Gasteiger charge is 2.26. The number of benzene rings is 1. The molecule has 1 unspecified atom stereocenters. The van der Waals surface area contributed by atoms with Crippen LogP contribution in [0.3, 0.4) is 0 Å². The molecule has 1 atom stereocenters. The molecule has 0 spiro atoms. The highest BCUT2D eigenvalue weighted by atomic mass is 32.2. The Labute approximate surface area is 174 Å². The average Bonchev–Trinajstić information content (AvgIpc) is 2.76. The number of nitrogens with zero attached hydrogens (tertiary/aromatic N) is 4. The molecule has 156 valence electrons. The van der Waals surface area contributed by atoms with Crippen LogP contribution in [0.5, 0.6) is 0 Å². The molecule has 0 bridgehead atoms. The van der Waals surface area contributed by atoms with Crippen molar-refractivity contribution >= 4 is 15.8 Å². The molecule has 1 fully saturated rings. The molecule has 0 aliphatic carbocycles. The van der Waals surface area contributed by atoms with Crippen LogP contribution < -0.4 is 10.5 Å². The molecular formula is C21H22N4O4S. The van der Waals surface area contributed by atoms with Crippen LogP contribution in [-0.4, -0.2) is 48.9 Å². The number of ether oxygens (including phenoxy) is 1. The number of pyridine rings is 1. The summed E-state index contributed by atoms with van der Waals surface area (Å²) in [6.45, 7) is 1.46. The maximum absolute atomic E-state index is 12.6. The van der Waals surface area contributed by atoms with Crippen LogP contribution in [0.4, 0.5) is 5.95 Å². The van der Waals surface area contributed by atoms with Crippen molar-refractivity contribution in [2.24, 2.45) is 7.05 Å². The van der Waals surface area contributed by atoms with E-state index < -0.39 is 9.84 Å². The Bertz CT molecular complexity index is 1230. The van der Waals surface area contributed by atoms with Gasteiger partial charge in [-0.2, -0.15) is 0 Å². The number of aromatic nitrogens is 3. The summed E-state index contributed by atoms with van der Waals surface area (Å²) in [5.74, 6) is 0.543. The van der Waals surface area contributed by atoms with Gasteiger partial charge in [-0.1, -0.05) is 12.1 Å². The normalized spacial score (nSPS) is 17.1. The van der Waals surface area contributed by atoms with Gasteiger partial charge in [0.05, 0.1) is 23.7 Å². The standard InChI is InChI=1S/C21H22N4O4S/c1-24-20(26)13-18(15-6-8-22-9-7-15)23-21(24)25-10-11-29-19(14-25)16-4-3-5-17(12-16)30(2,27)28/h3-9,12-13,19H,10-11,14H2,1-2H3. The molecule has 3 heterocycles. The molecule has 1 saturated heterocycles. The third-order valence-electron chi connectivity index (χ3n) is 5.09. The third-order valence-corrected chi connectivity index (χ3v) is 6.20. The second kappa shape index (κ2) is 8.00. The molecule has 30 heavy (non-hydrogen) atoms. The van der Waals surface area contributed by atoms with Gasteiger partial charge < -0.3 is 9.64 Å². The average molecular weight is 426 g/mol. The van der Waals surface area contributed by atoms with Gasteiger partial charge in [0.2, 0.25) is 5.95 Å². The van der Waals surface area contributed by atoms with Crippen molar-refractivity contribution in [3.63, 3.8) is 0 Å². The number of hydrogen-bond donors (Lipinski definition) is 0. The highest BCUT2D eigenvalue weighted by molar-refractivity contribution is 7.90. The molecule has 0 saturated carbocycles. The van der Waals surface area contributed by atoms with E-state index in [2.05, 4.69) is 4.98 Å². The molecule has 0 radical (unpaired) electrons. The second-order valence-electron chi connectivity index (χ2n) is 7.22. The molecule has 0 N–H and O–H groups in total. The monoisotopic (exact) mass is 426 g/mol. The Kier molecular flexibility index (Phi) is 5.40. The zero-order valence-electron chi connectivity index (χ0n) is 16.7. The van der Waals surface area contributed by atoms with Crippen LogP contribution in [0.15, 0.2) is 64.5 Å². The minimum absolute atomic E-state index is 0.158. The largest absolute Gasteiger partial charge is 0.370 e. The van der Waals surface area contributed by atoms with Crippen LogP contribution in [-0.2, 0) is 21.6 Å². The summed E-state index contributed by atoms with van der Waals surface area (Å²) in [5.41, 5.74) is 2.01. The van der Waals surface area contributed by atoms with E-state index in [0.29, 0.717) is 31.3 Å². The summed E-state index contributed by atoms with van der Waals surface area (Å²) in [4.78, 5) is 23.5. The molecule has 9 heteroatoms. The van der Waals surface area contributed by atoms with Crippen molar-refractivity contribution in [2.45, 2.75) is 11.0 Å². The summed E-state index contributed by atoms with van der Waals surface area (Å²) in [7, 11) is -1.62. The third kappa shape index (κ3) is 4.12. The zero-order valence-corrected chi connectivity index (χ0v) is 17.5. The molecule has 8 nitrogen and oxygen atoms in total. The summed E-state index contributed by atoms with van der Waals surface area (Å²) < 4.78 is 31.2. The van der Waals surface area contributed by atoms with Crippen LogP contribution in [0.2, 0.25) is 0 Å². The predicted molar refractivity (Wildman–Crippen MR) is 113 cm³/mol. The van der Waals surface area contributed by atoms with Crippen molar-refractivity contribution < 1.29 is 13.2 Å². The molecule has 1 aromatic carbocycles. The van der Waals surface area contributed by atoms with Crippen molar-refractivity contribution in [3.05, 3.63) is 70.8 Å². The first-order valence-corrected chi connectivity index (χ1v) is 11.4. The maximum Gasteiger partial charge on any atom is 0.255 e. The minimum Gasteiger partial charge on any atom is -0.370 e. The lowest BCUT2D eigenvalue weighted by atomic mass is 10.1. The van der Waals surface area contributed by atoms with Gasteiger partial charge in [-0.05, 0) is 29.8 Å². The van der Waals surface area contributed by atoms with E-state index in [1.165, 1.54) is 16.9 Å². The molecule has 1 aliphatic heterocycles. The van der Waals surface area contributed by atoms with Gasteiger partial charge in [0.25, 0.3) is 5.56 Å². The van der Waals surface area contributed by atoms with Gasteiger partial charge in [-0.15, -0.1) is 0 Å². The smallest absolute Gasteiger partial charge is 0.255 e. The maximum atomic E-state index is 12.6. The Morgan fingerprint density at radius 1 is 1.13 bits per heavy atom. The van der Waals surface area contributed by atoms with E-state index in [-0.39, 0.29) is 16.6 Å². The van der Waals surface area contributed by atoms with Crippen molar-refractivity contribution in [3.8, 4) is 11.3 Å². The summed E-state index contributed by atoms with van der Waals surface area (Å²) in [6, 6.07) is 11.9. The number of rotatable bonds is 4. The minimum atomic E-state index is -3.31. The Morgan fingerprint density at radius 2 is 1.90 bits per heavy atom. The first-order valence-electron chi connectivity index (χ1n) is 9.48. The van der Waals surface area contributed by atoms with E-state index in [1.54, 1.807) is 37.6 Å². The van der Waals surface area contributed by atoms with Crippen molar-refractivity contribution in [2.75, 3.05) is 30.9 Å². The quantitative estimate of drug-likeness (QED) is 0.628. The lowest BCUT2D eigenvalue weighted by Crippen LogP contribution is -2.41. The van der Waals surface area contributed by atoms with Crippen LogP contribution in [0.25, 0.3) is 11.3 Å². The van der Waals surface area contributed by atoms with Gasteiger partial charge in [-0.25, -0.2) is 13.4 Å². The number of sulfone groups is 1. The Hall–Kier alpha value is -3.04. The molecular weight excluding hydrogens is 404 g/mol. The van der Waals surface area contributed by atoms with E-state index >= 15 is 0 Å². The van der Waals surface area contributed by atoms with Gasteiger partial charge >= 0.3 is 0 Å². The molecule has 0 amide bonds. The van der Waals surface area contributed by atoms with Crippen LogP contribution in [0, 0.1) is 0 Å². The summed E-state index contributed by atoms with van der Waals surface area (Å²) in [5, 5.41) is 0. The van der Waals surface area contributed by atoms with Gasteiger partial charge in [-0.3, -0.25) is 14.3 Å². The topological polar surface area (TPSA) is 94.4 Å². The Morgan fingerprint density at radius 3 is 2.63 bits per heavy atom. The predicted octanol–water partition coefficient (Wildman–Crippen LogP) is 1.82. The number of morpholine rings is 1. The molecule has 3 aromatic rings. The first-order chi connectivity index (χ1) is 14.3. The van der Waals surface area contributed by atoms with E-state index in [1.807, 2.05) is 23.1 Å². The summed E-state index contributed by atoms with van der Waals surface area (Å²) in [6.07, 6.45) is 4.17. The van der Waals surface area contributed by atoms with Crippen molar-refractivity contribution in [1.29, 1.82) is 0 Å². The highest BCUT2D eigenvalue weighted by Crippen LogP contribution is 2.27. The number of hydrogen-bond acceptors (Lipinski definition) is 7. The molecule has 1 aliphatic rings. The summed E-state index contributed by atoms with van der Waals surface area (Å²) >= 11 is 0. The Balaban J connectivity index is 1.67. The van der Waals surface area contributed by atoms with Crippen molar-refractivity contribution in [1.82, 2.24) is 14.5 Å². The second-order valence-corrected chi connectivity index (χ2v) is 9.24. The van der Waals surface area contributed by atoms with Crippen LogP contribution in [0.1, 0.15) is 11.7 Å². The fourth-order valence-corrected chi connectivity index (χ4v) is 4.13.